The molecule has 9 nitrogen and oxygen atoms in total. The first-order valence-corrected chi connectivity index (χ1v) is 12.1. The number of carbonyl (C=O) groups is 2. The summed E-state index contributed by atoms with van der Waals surface area (Å²) in [5.41, 5.74) is 7.42. The van der Waals surface area contributed by atoms with Gasteiger partial charge in [0.05, 0.1) is 6.10 Å². The first-order valence-electron chi connectivity index (χ1n) is 11.7. The van der Waals surface area contributed by atoms with Gasteiger partial charge in [0.25, 0.3) is 0 Å². The maximum atomic E-state index is 12.2. The minimum atomic E-state index is -0.285. The Morgan fingerprint density at radius 2 is 1.68 bits per heavy atom. The highest BCUT2D eigenvalue weighted by Crippen LogP contribution is 2.33. The van der Waals surface area contributed by atoms with Gasteiger partial charge in [0, 0.05) is 62.0 Å². The third-order valence-corrected chi connectivity index (χ3v) is 6.52. The number of carbonyl (C=O) groups excluding carboxylic acids is 2. The van der Waals surface area contributed by atoms with Crippen LogP contribution < -0.4 is 15.5 Å². The summed E-state index contributed by atoms with van der Waals surface area (Å²) in [7, 11) is 0. The van der Waals surface area contributed by atoms with Crippen LogP contribution in [0.1, 0.15) is 26.7 Å². The molecule has 0 bridgehead atoms. The molecule has 10 heteroatoms. The van der Waals surface area contributed by atoms with Gasteiger partial charge >= 0.3 is 6.09 Å². The lowest BCUT2D eigenvalue weighted by Gasteiger charge is -2.36. The Balaban J connectivity index is 1.56. The van der Waals surface area contributed by atoms with Gasteiger partial charge in [0.1, 0.15) is 5.82 Å². The van der Waals surface area contributed by atoms with Crippen LogP contribution in [0, 0.1) is 5.92 Å². The molecule has 0 spiro atoms. The van der Waals surface area contributed by atoms with Crippen molar-refractivity contribution < 1.29 is 14.3 Å². The highest BCUT2D eigenvalue weighted by Gasteiger charge is 2.28. The van der Waals surface area contributed by atoms with E-state index in [0.29, 0.717) is 63.1 Å². The van der Waals surface area contributed by atoms with Crippen LogP contribution >= 0.6 is 11.6 Å². The Morgan fingerprint density at radius 3 is 2.26 bits per heavy atom. The molecule has 2 aliphatic heterocycles. The lowest BCUT2D eigenvalue weighted by atomic mass is 9.96. The molecule has 1 aromatic carbocycles. The number of anilines is 2. The van der Waals surface area contributed by atoms with E-state index in [1.165, 1.54) is 0 Å². The molecular weight excluding hydrogens is 456 g/mol. The number of aromatic nitrogens is 2. The molecule has 2 N–H and O–H groups in total. The molecule has 0 unspecified atom stereocenters. The Hall–Kier alpha value is -3.07. The van der Waals surface area contributed by atoms with Gasteiger partial charge in [0.2, 0.25) is 11.9 Å². The molecule has 3 heterocycles. The molecule has 4 rings (SSSR count). The standard InChI is InChI=1S/C24H31ClN6O3/c1-16(2)34-24(33)31-13-11-30(12-14-31)23-27-15-20(17-3-5-19(25)6-4-17)22(28-23)29-9-7-18(8-10-29)21(26)32/h3-6,15-16,18H,7-14H2,1-2H3,(H2,26,32). The largest absolute Gasteiger partial charge is 0.447 e. The summed E-state index contributed by atoms with van der Waals surface area (Å²) in [5.74, 6) is 1.11. The van der Waals surface area contributed by atoms with Gasteiger partial charge in [-0.1, -0.05) is 23.7 Å². The second-order valence-corrected chi connectivity index (χ2v) is 9.42. The number of hydrogen-bond acceptors (Lipinski definition) is 7. The number of nitrogens with zero attached hydrogens (tertiary/aromatic N) is 5. The molecule has 0 aliphatic carbocycles. The van der Waals surface area contributed by atoms with E-state index < -0.39 is 0 Å². The topological polar surface area (TPSA) is 105 Å². The van der Waals surface area contributed by atoms with Crippen LogP contribution in [0.2, 0.25) is 5.02 Å². The van der Waals surface area contributed by atoms with Crippen molar-refractivity contribution in [2.24, 2.45) is 11.7 Å². The average Bonchev–Trinajstić information content (AvgIpc) is 2.84. The zero-order valence-electron chi connectivity index (χ0n) is 19.6. The summed E-state index contributed by atoms with van der Waals surface area (Å²) < 4.78 is 5.32. The Morgan fingerprint density at radius 1 is 1.03 bits per heavy atom. The maximum Gasteiger partial charge on any atom is 0.410 e. The van der Waals surface area contributed by atoms with E-state index in [0.717, 1.165) is 16.9 Å². The fourth-order valence-corrected chi connectivity index (χ4v) is 4.46. The van der Waals surface area contributed by atoms with Crippen LogP contribution in [0.15, 0.2) is 30.5 Å². The number of ether oxygens (including phenoxy) is 1. The molecular formula is C24H31ClN6O3. The molecule has 0 radical (unpaired) electrons. The zero-order valence-corrected chi connectivity index (χ0v) is 20.4. The third-order valence-electron chi connectivity index (χ3n) is 6.27. The van der Waals surface area contributed by atoms with Crippen LogP contribution in [0.5, 0.6) is 0 Å². The van der Waals surface area contributed by atoms with Gasteiger partial charge in [-0.3, -0.25) is 4.79 Å². The van der Waals surface area contributed by atoms with E-state index in [9.17, 15) is 9.59 Å². The number of benzene rings is 1. The van der Waals surface area contributed by atoms with Crippen LogP contribution in [0.3, 0.4) is 0 Å². The molecule has 34 heavy (non-hydrogen) atoms. The van der Waals surface area contributed by atoms with Crippen LogP contribution in [-0.2, 0) is 9.53 Å². The fraction of sp³-hybridized carbons (Fsp3) is 0.500. The first kappa shape index (κ1) is 24.1. The van der Waals surface area contributed by atoms with Crippen molar-refractivity contribution in [3.05, 3.63) is 35.5 Å². The molecule has 182 valence electrons. The van der Waals surface area contributed by atoms with Gasteiger partial charge < -0.3 is 25.2 Å². The predicted molar refractivity (Wildman–Crippen MR) is 132 cm³/mol. The normalized spacial score (nSPS) is 17.2. The van der Waals surface area contributed by atoms with E-state index in [4.69, 9.17) is 27.1 Å². The summed E-state index contributed by atoms with van der Waals surface area (Å²) in [4.78, 5) is 39.5. The number of nitrogens with two attached hydrogens (primary N) is 1. The van der Waals surface area contributed by atoms with Crippen molar-refractivity contribution in [2.75, 3.05) is 49.1 Å². The van der Waals surface area contributed by atoms with Crippen molar-refractivity contribution in [1.82, 2.24) is 14.9 Å². The molecule has 0 saturated carbocycles. The number of halogens is 1. The zero-order chi connectivity index (χ0) is 24.2. The maximum absolute atomic E-state index is 12.2. The smallest absolute Gasteiger partial charge is 0.410 e. The minimum Gasteiger partial charge on any atom is -0.447 e. The van der Waals surface area contributed by atoms with Crippen molar-refractivity contribution in [1.29, 1.82) is 0 Å². The van der Waals surface area contributed by atoms with E-state index in [2.05, 4.69) is 14.8 Å². The summed E-state index contributed by atoms with van der Waals surface area (Å²) in [6, 6.07) is 7.62. The molecule has 2 aromatic rings. The first-order chi connectivity index (χ1) is 16.3. The van der Waals surface area contributed by atoms with E-state index in [-0.39, 0.29) is 24.0 Å². The number of amides is 2. The molecule has 2 aliphatic rings. The van der Waals surface area contributed by atoms with Crippen LogP contribution in [0.25, 0.3) is 11.1 Å². The molecule has 2 saturated heterocycles. The van der Waals surface area contributed by atoms with Gasteiger partial charge in [-0.25, -0.2) is 9.78 Å². The van der Waals surface area contributed by atoms with Crippen molar-refractivity contribution in [3.63, 3.8) is 0 Å². The monoisotopic (exact) mass is 486 g/mol. The van der Waals surface area contributed by atoms with Gasteiger partial charge in [-0.2, -0.15) is 4.98 Å². The van der Waals surface area contributed by atoms with E-state index >= 15 is 0 Å². The highest BCUT2D eigenvalue weighted by atomic mass is 35.5. The second kappa shape index (κ2) is 10.5. The number of hydrogen-bond donors (Lipinski definition) is 1. The number of primary amides is 1. The van der Waals surface area contributed by atoms with Gasteiger partial charge in [-0.05, 0) is 44.4 Å². The summed E-state index contributed by atoms with van der Waals surface area (Å²) >= 11 is 6.09. The minimum absolute atomic E-state index is 0.102. The summed E-state index contributed by atoms with van der Waals surface area (Å²) in [6.45, 7) is 7.42. The van der Waals surface area contributed by atoms with E-state index in [1.807, 2.05) is 44.3 Å². The third kappa shape index (κ3) is 5.52. The lowest BCUT2D eigenvalue weighted by Crippen LogP contribution is -2.49. The lowest BCUT2D eigenvalue weighted by molar-refractivity contribution is -0.122. The fourth-order valence-electron chi connectivity index (χ4n) is 4.33. The van der Waals surface area contributed by atoms with Gasteiger partial charge in [-0.15, -0.1) is 0 Å². The number of piperazine rings is 1. The van der Waals surface area contributed by atoms with Gasteiger partial charge in [0.15, 0.2) is 0 Å². The van der Waals surface area contributed by atoms with E-state index in [1.54, 1.807) is 4.90 Å². The Kier molecular flexibility index (Phi) is 7.41. The van der Waals surface area contributed by atoms with Crippen molar-refractivity contribution in [3.8, 4) is 11.1 Å². The quantitative estimate of drug-likeness (QED) is 0.692. The highest BCUT2D eigenvalue weighted by molar-refractivity contribution is 6.30. The summed E-state index contributed by atoms with van der Waals surface area (Å²) in [6.07, 6.45) is 2.82. The van der Waals surface area contributed by atoms with Crippen LogP contribution in [0.4, 0.5) is 16.6 Å². The molecule has 1 aromatic heterocycles. The average molecular weight is 487 g/mol. The summed E-state index contributed by atoms with van der Waals surface area (Å²) in [5, 5.41) is 0.666. The molecule has 0 atom stereocenters. The molecule has 2 amide bonds. The Bertz CT molecular complexity index is 1020. The number of piperidine rings is 1. The predicted octanol–water partition coefficient (Wildman–Crippen LogP) is 3.17. The van der Waals surface area contributed by atoms with Crippen molar-refractivity contribution in [2.45, 2.75) is 32.8 Å². The number of rotatable bonds is 5. The molecule has 2 fully saturated rings. The van der Waals surface area contributed by atoms with Crippen molar-refractivity contribution >= 4 is 35.4 Å². The van der Waals surface area contributed by atoms with Crippen LogP contribution in [-0.4, -0.2) is 72.2 Å². The SMILES string of the molecule is CC(C)OC(=O)N1CCN(c2ncc(-c3ccc(Cl)cc3)c(N3CCC(C(N)=O)CC3)n2)CC1. The second-order valence-electron chi connectivity index (χ2n) is 8.98. The Labute approximate surface area is 204 Å².